The Bertz CT molecular complexity index is 323. The fourth-order valence-electron chi connectivity index (χ4n) is 1.71. The SMILES string of the molecule is CCCC(Cl)CCCc1cccc(Cl)c1Cl. The van der Waals surface area contributed by atoms with E-state index >= 15 is 0 Å². The molecule has 0 N–H and O–H groups in total. The summed E-state index contributed by atoms with van der Waals surface area (Å²) in [6, 6.07) is 5.78. The summed E-state index contributed by atoms with van der Waals surface area (Å²) in [5.41, 5.74) is 1.12. The monoisotopic (exact) mass is 278 g/mol. The summed E-state index contributed by atoms with van der Waals surface area (Å²) in [7, 11) is 0. The van der Waals surface area contributed by atoms with Gasteiger partial charge in [-0.25, -0.2) is 0 Å². The van der Waals surface area contributed by atoms with Crippen molar-refractivity contribution >= 4 is 34.8 Å². The van der Waals surface area contributed by atoms with Gasteiger partial charge in [0.1, 0.15) is 0 Å². The number of alkyl halides is 1. The van der Waals surface area contributed by atoms with E-state index < -0.39 is 0 Å². The van der Waals surface area contributed by atoms with E-state index in [0.29, 0.717) is 15.4 Å². The van der Waals surface area contributed by atoms with Gasteiger partial charge in [-0.05, 0) is 37.3 Å². The van der Waals surface area contributed by atoms with Crippen molar-refractivity contribution in [3.8, 4) is 0 Å². The summed E-state index contributed by atoms with van der Waals surface area (Å²) in [4.78, 5) is 0. The lowest BCUT2D eigenvalue weighted by molar-refractivity contribution is 0.640. The molecule has 0 spiro atoms. The maximum atomic E-state index is 6.16. The second-order valence-electron chi connectivity index (χ2n) is 3.99. The zero-order chi connectivity index (χ0) is 12.0. The van der Waals surface area contributed by atoms with Gasteiger partial charge in [0, 0.05) is 5.38 Å². The van der Waals surface area contributed by atoms with Gasteiger partial charge >= 0.3 is 0 Å². The molecular formula is C13H17Cl3. The fourth-order valence-corrected chi connectivity index (χ4v) is 2.50. The van der Waals surface area contributed by atoms with E-state index in [9.17, 15) is 0 Å². The van der Waals surface area contributed by atoms with Crippen LogP contribution >= 0.6 is 34.8 Å². The van der Waals surface area contributed by atoms with Crippen LogP contribution in [0.4, 0.5) is 0 Å². The molecule has 90 valence electrons. The molecule has 0 nitrogen and oxygen atoms in total. The van der Waals surface area contributed by atoms with Crippen molar-refractivity contribution in [3.05, 3.63) is 33.8 Å². The zero-order valence-corrected chi connectivity index (χ0v) is 11.7. The summed E-state index contributed by atoms with van der Waals surface area (Å²) in [5.74, 6) is 0. The summed E-state index contributed by atoms with van der Waals surface area (Å²) >= 11 is 18.2. The Kier molecular flexibility index (Phi) is 6.57. The highest BCUT2D eigenvalue weighted by molar-refractivity contribution is 6.42. The van der Waals surface area contributed by atoms with Gasteiger partial charge in [-0.15, -0.1) is 11.6 Å². The van der Waals surface area contributed by atoms with Crippen molar-refractivity contribution < 1.29 is 0 Å². The average molecular weight is 280 g/mol. The first kappa shape index (κ1) is 14.2. The molecule has 1 aromatic rings. The molecule has 0 aliphatic rings. The molecule has 0 saturated carbocycles. The van der Waals surface area contributed by atoms with Gasteiger partial charge in [-0.1, -0.05) is 48.7 Å². The molecule has 0 amide bonds. The lowest BCUT2D eigenvalue weighted by atomic mass is 10.1. The molecule has 0 aromatic heterocycles. The Morgan fingerprint density at radius 1 is 1.19 bits per heavy atom. The van der Waals surface area contributed by atoms with Gasteiger partial charge < -0.3 is 0 Å². The van der Waals surface area contributed by atoms with Gasteiger partial charge in [0.2, 0.25) is 0 Å². The average Bonchev–Trinajstić information content (AvgIpc) is 2.25. The van der Waals surface area contributed by atoms with Gasteiger partial charge in [0.05, 0.1) is 10.0 Å². The first-order valence-electron chi connectivity index (χ1n) is 5.72. The Labute approximate surface area is 113 Å². The van der Waals surface area contributed by atoms with Gasteiger partial charge in [-0.2, -0.15) is 0 Å². The maximum absolute atomic E-state index is 6.16. The second-order valence-corrected chi connectivity index (χ2v) is 5.39. The van der Waals surface area contributed by atoms with Crippen molar-refractivity contribution in [3.63, 3.8) is 0 Å². The topological polar surface area (TPSA) is 0 Å². The quantitative estimate of drug-likeness (QED) is 0.584. The van der Waals surface area contributed by atoms with Crippen LogP contribution in [0.3, 0.4) is 0 Å². The molecule has 1 atom stereocenters. The highest BCUT2D eigenvalue weighted by atomic mass is 35.5. The molecule has 16 heavy (non-hydrogen) atoms. The molecular weight excluding hydrogens is 263 g/mol. The van der Waals surface area contributed by atoms with Crippen LogP contribution in [0, 0.1) is 0 Å². The normalized spacial score (nSPS) is 12.8. The lowest BCUT2D eigenvalue weighted by Crippen LogP contribution is -1.99. The molecule has 3 heteroatoms. The van der Waals surface area contributed by atoms with E-state index in [2.05, 4.69) is 6.92 Å². The van der Waals surface area contributed by atoms with Crippen molar-refractivity contribution in [1.29, 1.82) is 0 Å². The van der Waals surface area contributed by atoms with Crippen molar-refractivity contribution in [2.75, 3.05) is 0 Å². The number of aryl methyl sites for hydroxylation is 1. The van der Waals surface area contributed by atoms with E-state index in [-0.39, 0.29) is 0 Å². The van der Waals surface area contributed by atoms with Crippen LogP contribution in [-0.2, 0) is 6.42 Å². The molecule has 0 saturated heterocycles. The molecule has 0 heterocycles. The van der Waals surface area contributed by atoms with Crippen LogP contribution in [0.25, 0.3) is 0 Å². The summed E-state index contributed by atoms with van der Waals surface area (Å²) in [5, 5.41) is 1.61. The Morgan fingerprint density at radius 2 is 1.94 bits per heavy atom. The number of hydrogen-bond acceptors (Lipinski definition) is 0. The predicted octanol–water partition coefficient (Wildman–Crippen LogP) is 5.72. The standard InChI is InChI=1S/C13H17Cl3/c1-2-5-11(14)8-3-6-10-7-4-9-12(15)13(10)16/h4,7,9,11H,2-3,5-6,8H2,1H3. The highest BCUT2D eigenvalue weighted by Gasteiger charge is 2.06. The minimum atomic E-state index is 0.294. The van der Waals surface area contributed by atoms with E-state index in [1.54, 1.807) is 0 Å². The smallest absolute Gasteiger partial charge is 0.0624 e. The molecule has 0 bridgehead atoms. The zero-order valence-electron chi connectivity index (χ0n) is 9.48. The molecule has 0 aliphatic carbocycles. The number of benzene rings is 1. The Balaban J connectivity index is 2.40. The van der Waals surface area contributed by atoms with Gasteiger partial charge in [0.15, 0.2) is 0 Å². The molecule has 1 rings (SSSR count). The third kappa shape index (κ3) is 4.53. The summed E-state index contributed by atoms with van der Waals surface area (Å²) in [6.45, 7) is 2.16. The van der Waals surface area contributed by atoms with Crippen LogP contribution in [-0.4, -0.2) is 5.38 Å². The van der Waals surface area contributed by atoms with Crippen molar-refractivity contribution in [2.24, 2.45) is 0 Å². The third-order valence-corrected chi connectivity index (χ3v) is 3.89. The predicted molar refractivity (Wildman–Crippen MR) is 73.9 cm³/mol. The molecule has 0 fully saturated rings. The van der Waals surface area contributed by atoms with Crippen LogP contribution in [0.5, 0.6) is 0 Å². The largest absolute Gasteiger partial charge is 0.123 e. The Hall–Kier alpha value is 0.0900. The number of halogens is 3. The van der Waals surface area contributed by atoms with Crippen LogP contribution < -0.4 is 0 Å². The van der Waals surface area contributed by atoms with Crippen LogP contribution in [0.2, 0.25) is 10.0 Å². The summed E-state index contributed by atoms with van der Waals surface area (Å²) in [6.07, 6.45) is 5.29. The number of rotatable bonds is 6. The van der Waals surface area contributed by atoms with E-state index in [1.807, 2.05) is 18.2 Å². The molecule has 0 aliphatic heterocycles. The summed E-state index contributed by atoms with van der Waals surface area (Å²) < 4.78 is 0. The van der Waals surface area contributed by atoms with E-state index in [0.717, 1.165) is 37.7 Å². The second kappa shape index (κ2) is 7.42. The molecule has 0 radical (unpaired) electrons. The molecule has 1 aromatic carbocycles. The minimum absolute atomic E-state index is 0.294. The third-order valence-electron chi connectivity index (χ3n) is 2.60. The first-order chi connectivity index (χ1) is 7.65. The highest BCUT2D eigenvalue weighted by Crippen LogP contribution is 2.27. The van der Waals surface area contributed by atoms with Gasteiger partial charge in [-0.3, -0.25) is 0 Å². The van der Waals surface area contributed by atoms with Crippen LogP contribution in [0.15, 0.2) is 18.2 Å². The fraction of sp³-hybridized carbons (Fsp3) is 0.538. The molecule has 1 unspecified atom stereocenters. The maximum Gasteiger partial charge on any atom is 0.0624 e. The van der Waals surface area contributed by atoms with Crippen LogP contribution in [0.1, 0.15) is 38.2 Å². The first-order valence-corrected chi connectivity index (χ1v) is 6.91. The van der Waals surface area contributed by atoms with Gasteiger partial charge in [0.25, 0.3) is 0 Å². The Morgan fingerprint density at radius 3 is 2.62 bits per heavy atom. The van der Waals surface area contributed by atoms with Crippen molar-refractivity contribution in [2.45, 2.75) is 44.4 Å². The van der Waals surface area contributed by atoms with E-state index in [4.69, 9.17) is 34.8 Å². The lowest BCUT2D eigenvalue weighted by Gasteiger charge is -2.09. The minimum Gasteiger partial charge on any atom is -0.123 e. The number of hydrogen-bond donors (Lipinski definition) is 0. The van der Waals surface area contributed by atoms with Crippen molar-refractivity contribution in [1.82, 2.24) is 0 Å². The van der Waals surface area contributed by atoms with E-state index in [1.165, 1.54) is 0 Å².